The third-order valence-electron chi connectivity index (χ3n) is 4.89. The first-order valence-corrected chi connectivity index (χ1v) is 9.26. The fourth-order valence-corrected chi connectivity index (χ4v) is 3.46. The fourth-order valence-electron chi connectivity index (χ4n) is 3.46. The Morgan fingerprint density at radius 1 is 1.21 bits per heavy atom. The molecular formula is C20H21N5O3. The average molecular weight is 379 g/mol. The molecule has 144 valence electrons. The number of anilines is 1. The number of imidazole rings is 1. The molecule has 3 heterocycles. The summed E-state index contributed by atoms with van der Waals surface area (Å²) in [6.07, 6.45) is 3.51. The first kappa shape index (κ1) is 18.0. The lowest BCUT2D eigenvalue weighted by Crippen LogP contribution is -2.36. The van der Waals surface area contributed by atoms with Crippen molar-refractivity contribution in [2.75, 3.05) is 18.4 Å². The lowest BCUT2D eigenvalue weighted by Gasteiger charge is -2.16. The largest absolute Gasteiger partial charge is 0.342 e. The number of amides is 2. The standard InChI is InChI=1S/C20H21N5O3/c1-13-21-16-7-6-14(11-17(16)22-13)23-19(27)15-5-4-10-25(20(15)28)12-18(26)24-8-2-3-9-24/h4-7,10-11H,2-3,8-9,12H2,1H3,(H,21,22)(H,23,27). The topological polar surface area (TPSA) is 100 Å². The zero-order valence-electron chi connectivity index (χ0n) is 15.6. The number of fused-ring (bicyclic) bond motifs is 1. The summed E-state index contributed by atoms with van der Waals surface area (Å²) in [6.45, 7) is 3.25. The molecule has 0 unspecified atom stereocenters. The SMILES string of the molecule is Cc1nc2ccc(NC(=O)c3cccn(CC(=O)N4CCCC4)c3=O)cc2[nH]1. The number of carbonyl (C=O) groups excluding carboxylic acids is 2. The Bertz CT molecular complexity index is 1110. The summed E-state index contributed by atoms with van der Waals surface area (Å²) >= 11 is 0. The zero-order chi connectivity index (χ0) is 19.7. The van der Waals surface area contributed by atoms with E-state index in [1.54, 1.807) is 29.2 Å². The van der Waals surface area contributed by atoms with E-state index in [-0.39, 0.29) is 18.0 Å². The summed E-state index contributed by atoms with van der Waals surface area (Å²) in [5.41, 5.74) is 1.68. The monoisotopic (exact) mass is 379 g/mol. The molecule has 0 spiro atoms. The van der Waals surface area contributed by atoms with E-state index >= 15 is 0 Å². The molecule has 8 heteroatoms. The van der Waals surface area contributed by atoms with Crippen molar-refractivity contribution >= 4 is 28.5 Å². The number of aromatic amines is 1. The van der Waals surface area contributed by atoms with Gasteiger partial charge < -0.3 is 19.8 Å². The Morgan fingerprint density at radius 2 is 2.00 bits per heavy atom. The van der Waals surface area contributed by atoms with Crippen molar-refractivity contribution in [1.82, 2.24) is 19.4 Å². The highest BCUT2D eigenvalue weighted by molar-refractivity contribution is 6.04. The van der Waals surface area contributed by atoms with Gasteiger partial charge in [-0.25, -0.2) is 4.98 Å². The highest BCUT2D eigenvalue weighted by Gasteiger charge is 2.20. The zero-order valence-corrected chi connectivity index (χ0v) is 15.6. The van der Waals surface area contributed by atoms with Crippen LogP contribution < -0.4 is 10.9 Å². The van der Waals surface area contributed by atoms with E-state index in [1.807, 2.05) is 6.92 Å². The van der Waals surface area contributed by atoms with Crippen molar-refractivity contribution in [3.8, 4) is 0 Å². The number of hydrogen-bond donors (Lipinski definition) is 2. The number of nitrogens with one attached hydrogen (secondary N) is 2. The number of aryl methyl sites for hydroxylation is 1. The van der Waals surface area contributed by atoms with E-state index in [0.717, 1.165) is 42.8 Å². The van der Waals surface area contributed by atoms with Gasteiger partial charge >= 0.3 is 0 Å². The fraction of sp³-hybridized carbons (Fsp3) is 0.300. The third-order valence-corrected chi connectivity index (χ3v) is 4.89. The van der Waals surface area contributed by atoms with Crippen LogP contribution in [0.15, 0.2) is 41.3 Å². The molecule has 1 aliphatic heterocycles. The minimum atomic E-state index is -0.511. The summed E-state index contributed by atoms with van der Waals surface area (Å²) in [7, 11) is 0. The second-order valence-corrected chi connectivity index (χ2v) is 6.95. The summed E-state index contributed by atoms with van der Waals surface area (Å²) in [5, 5.41) is 2.74. The van der Waals surface area contributed by atoms with Gasteiger partial charge in [0.15, 0.2) is 0 Å². The summed E-state index contributed by atoms with van der Waals surface area (Å²) in [4.78, 5) is 46.8. The van der Waals surface area contributed by atoms with Gasteiger partial charge in [0.1, 0.15) is 17.9 Å². The summed E-state index contributed by atoms with van der Waals surface area (Å²) in [6, 6.07) is 8.37. The van der Waals surface area contributed by atoms with E-state index in [0.29, 0.717) is 5.69 Å². The minimum Gasteiger partial charge on any atom is -0.342 e. The third kappa shape index (κ3) is 3.53. The molecule has 28 heavy (non-hydrogen) atoms. The molecule has 0 saturated carbocycles. The summed E-state index contributed by atoms with van der Waals surface area (Å²) in [5.74, 6) is 0.174. The van der Waals surface area contributed by atoms with Crippen molar-refractivity contribution in [2.45, 2.75) is 26.3 Å². The maximum absolute atomic E-state index is 12.7. The molecule has 0 aliphatic carbocycles. The molecule has 3 aromatic rings. The Labute approximate surface area is 161 Å². The van der Waals surface area contributed by atoms with Gasteiger partial charge in [-0.05, 0) is 50.1 Å². The highest BCUT2D eigenvalue weighted by atomic mass is 16.2. The molecular weight excluding hydrogens is 358 g/mol. The molecule has 1 fully saturated rings. The van der Waals surface area contributed by atoms with Crippen LogP contribution in [0.5, 0.6) is 0 Å². The predicted octanol–water partition coefficient (Wildman–Crippen LogP) is 1.91. The second-order valence-electron chi connectivity index (χ2n) is 6.95. The van der Waals surface area contributed by atoms with E-state index in [2.05, 4.69) is 15.3 Å². The van der Waals surface area contributed by atoms with Gasteiger partial charge in [-0.3, -0.25) is 14.4 Å². The lowest BCUT2D eigenvalue weighted by atomic mass is 10.2. The maximum atomic E-state index is 12.7. The quantitative estimate of drug-likeness (QED) is 0.723. The van der Waals surface area contributed by atoms with Crippen LogP contribution in [-0.4, -0.2) is 44.3 Å². The highest BCUT2D eigenvalue weighted by Crippen LogP contribution is 2.17. The number of nitrogens with zero attached hydrogens (tertiary/aromatic N) is 3. The number of hydrogen-bond acceptors (Lipinski definition) is 4. The Morgan fingerprint density at radius 3 is 2.79 bits per heavy atom. The van der Waals surface area contributed by atoms with E-state index in [9.17, 15) is 14.4 Å². The van der Waals surface area contributed by atoms with Crippen LogP contribution in [0.3, 0.4) is 0 Å². The van der Waals surface area contributed by atoms with Crippen molar-refractivity contribution in [2.24, 2.45) is 0 Å². The van der Waals surface area contributed by atoms with Crippen LogP contribution >= 0.6 is 0 Å². The lowest BCUT2D eigenvalue weighted by molar-refractivity contribution is -0.130. The maximum Gasteiger partial charge on any atom is 0.263 e. The average Bonchev–Trinajstić information content (AvgIpc) is 3.31. The van der Waals surface area contributed by atoms with Crippen molar-refractivity contribution < 1.29 is 9.59 Å². The van der Waals surface area contributed by atoms with E-state index < -0.39 is 11.5 Å². The van der Waals surface area contributed by atoms with Crippen LogP contribution in [0.25, 0.3) is 11.0 Å². The smallest absolute Gasteiger partial charge is 0.263 e. The Balaban J connectivity index is 1.53. The molecule has 1 saturated heterocycles. The van der Waals surface area contributed by atoms with Gasteiger partial charge in [-0.1, -0.05) is 0 Å². The molecule has 0 radical (unpaired) electrons. The van der Waals surface area contributed by atoms with Crippen LogP contribution in [0, 0.1) is 6.92 Å². The van der Waals surface area contributed by atoms with Gasteiger partial charge in [-0.15, -0.1) is 0 Å². The van der Waals surface area contributed by atoms with Gasteiger partial charge in [0.2, 0.25) is 5.91 Å². The van der Waals surface area contributed by atoms with Crippen LogP contribution in [0.2, 0.25) is 0 Å². The molecule has 1 aromatic carbocycles. The van der Waals surface area contributed by atoms with Crippen molar-refractivity contribution in [1.29, 1.82) is 0 Å². The van der Waals surface area contributed by atoms with E-state index in [4.69, 9.17) is 0 Å². The second kappa shape index (κ2) is 7.30. The number of benzene rings is 1. The van der Waals surface area contributed by atoms with Crippen molar-refractivity contribution in [3.63, 3.8) is 0 Å². The van der Waals surface area contributed by atoms with Crippen molar-refractivity contribution in [3.05, 3.63) is 58.3 Å². The first-order valence-electron chi connectivity index (χ1n) is 9.26. The van der Waals surface area contributed by atoms with Crippen LogP contribution in [0.4, 0.5) is 5.69 Å². The molecule has 0 atom stereocenters. The number of pyridine rings is 1. The predicted molar refractivity (Wildman–Crippen MR) is 105 cm³/mol. The number of likely N-dealkylation sites (tertiary alicyclic amines) is 1. The number of rotatable bonds is 4. The molecule has 4 rings (SSSR count). The Hall–Kier alpha value is -3.42. The Kier molecular flexibility index (Phi) is 4.68. The molecule has 1 aliphatic rings. The molecule has 2 N–H and O–H groups in total. The van der Waals surface area contributed by atoms with Crippen LogP contribution in [-0.2, 0) is 11.3 Å². The van der Waals surface area contributed by atoms with Gasteiger partial charge in [0.25, 0.3) is 11.5 Å². The normalized spacial score (nSPS) is 13.8. The summed E-state index contributed by atoms with van der Waals surface area (Å²) < 4.78 is 1.29. The van der Waals surface area contributed by atoms with E-state index in [1.165, 1.54) is 16.8 Å². The molecule has 8 nitrogen and oxygen atoms in total. The molecule has 2 amide bonds. The van der Waals surface area contributed by atoms with Gasteiger partial charge in [0, 0.05) is 25.0 Å². The molecule has 2 aromatic heterocycles. The molecule has 0 bridgehead atoms. The minimum absolute atomic E-state index is 0.00221. The first-order chi connectivity index (χ1) is 13.5. The van der Waals surface area contributed by atoms with Gasteiger partial charge in [0.05, 0.1) is 11.0 Å². The van der Waals surface area contributed by atoms with Crippen LogP contribution in [0.1, 0.15) is 29.0 Å². The number of carbonyl (C=O) groups is 2. The number of aromatic nitrogens is 3. The number of H-pyrrole nitrogens is 1. The van der Waals surface area contributed by atoms with Gasteiger partial charge in [-0.2, -0.15) is 0 Å².